The number of nitrogens with two attached hydrogens (primary N) is 1. The summed E-state index contributed by atoms with van der Waals surface area (Å²) < 4.78 is 0. The van der Waals surface area contributed by atoms with Crippen molar-refractivity contribution in [3.8, 4) is 0 Å². The van der Waals surface area contributed by atoms with Gasteiger partial charge in [0.05, 0.1) is 0 Å². The first-order chi connectivity index (χ1) is 7.20. The largest absolute Gasteiger partial charge is 0.358 e. The molecule has 1 heterocycles. The Morgan fingerprint density at radius 3 is 2.93 bits per heavy atom. The summed E-state index contributed by atoms with van der Waals surface area (Å²) in [4.78, 5) is 4.73. The second kappa shape index (κ2) is 4.29. The van der Waals surface area contributed by atoms with Crippen LogP contribution in [0.4, 0.5) is 0 Å². The smallest absolute Gasteiger partial charge is 0.0467 e. The van der Waals surface area contributed by atoms with Crippen molar-refractivity contribution in [3.05, 3.63) is 30.0 Å². The molecule has 0 aliphatic carbocycles. The van der Waals surface area contributed by atoms with Crippen molar-refractivity contribution in [2.75, 3.05) is 6.26 Å². The minimum Gasteiger partial charge on any atom is -0.358 e. The first-order valence-electron chi connectivity index (χ1n) is 5.11. The average molecular weight is 220 g/mol. The summed E-state index contributed by atoms with van der Waals surface area (Å²) in [5.74, 6) is 0. The number of H-pyrrole nitrogens is 1. The first kappa shape index (κ1) is 10.6. The molecule has 2 aromatic rings. The molecular formula is C12H16N2S. The Morgan fingerprint density at radius 1 is 1.47 bits per heavy atom. The molecule has 1 unspecified atom stereocenters. The van der Waals surface area contributed by atoms with Crippen LogP contribution in [0.3, 0.4) is 0 Å². The molecule has 1 atom stereocenters. The fourth-order valence-electron chi connectivity index (χ4n) is 1.82. The maximum absolute atomic E-state index is 5.79. The number of hydrogen-bond donors (Lipinski definition) is 2. The Kier molecular flexibility index (Phi) is 3.03. The molecule has 0 aliphatic rings. The zero-order valence-electron chi connectivity index (χ0n) is 9.08. The van der Waals surface area contributed by atoms with Crippen molar-refractivity contribution in [1.82, 2.24) is 4.98 Å². The van der Waals surface area contributed by atoms with Crippen molar-refractivity contribution in [3.63, 3.8) is 0 Å². The Morgan fingerprint density at radius 2 is 2.27 bits per heavy atom. The van der Waals surface area contributed by atoms with Crippen LogP contribution in [0.1, 0.15) is 12.6 Å². The zero-order valence-corrected chi connectivity index (χ0v) is 9.90. The highest BCUT2D eigenvalue weighted by Gasteiger charge is 2.05. The molecule has 0 saturated carbocycles. The van der Waals surface area contributed by atoms with Gasteiger partial charge in [0.25, 0.3) is 0 Å². The number of aromatic nitrogens is 1. The van der Waals surface area contributed by atoms with E-state index in [0.29, 0.717) is 0 Å². The predicted octanol–water partition coefficient (Wildman–Crippen LogP) is 2.78. The highest BCUT2D eigenvalue weighted by Crippen LogP contribution is 2.27. The molecule has 0 fully saturated rings. The van der Waals surface area contributed by atoms with Crippen LogP contribution in [-0.4, -0.2) is 17.3 Å². The second-order valence-corrected chi connectivity index (χ2v) is 4.75. The van der Waals surface area contributed by atoms with Crippen molar-refractivity contribution in [2.24, 2.45) is 5.73 Å². The summed E-state index contributed by atoms with van der Waals surface area (Å²) >= 11 is 1.78. The monoisotopic (exact) mass is 220 g/mol. The van der Waals surface area contributed by atoms with Crippen LogP contribution < -0.4 is 5.73 Å². The molecule has 1 aromatic carbocycles. The minimum atomic E-state index is 0.204. The fraction of sp³-hybridized carbons (Fsp3) is 0.333. The van der Waals surface area contributed by atoms with Crippen LogP contribution in [0.2, 0.25) is 0 Å². The third kappa shape index (κ3) is 2.19. The Labute approximate surface area is 94.2 Å². The third-order valence-corrected chi connectivity index (χ3v) is 3.24. The van der Waals surface area contributed by atoms with E-state index < -0.39 is 0 Å². The van der Waals surface area contributed by atoms with Crippen molar-refractivity contribution >= 4 is 22.7 Å². The van der Waals surface area contributed by atoms with Gasteiger partial charge in [-0.2, -0.15) is 0 Å². The zero-order chi connectivity index (χ0) is 10.8. The molecule has 0 spiro atoms. The van der Waals surface area contributed by atoms with Gasteiger partial charge in [-0.3, -0.25) is 0 Å². The van der Waals surface area contributed by atoms with Gasteiger partial charge < -0.3 is 10.7 Å². The lowest BCUT2D eigenvalue weighted by Crippen LogP contribution is -2.17. The van der Waals surface area contributed by atoms with Gasteiger partial charge in [-0.25, -0.2) is 0 Å². The van der Waals surface area contributed by atoms with E-state index in [2.05, 4.69) is 35.5 Å². The van der Waals surface area contributed by atoms with Crippen LogP contribution in [0.25, 0.3) is 10.9 Å². The molecule has 15 heavy (non-hydrogen) atoms. The predicted molar refractivity (Wildman–Crippen MR) is 67.4 cm³/mol. The molecule has 0 aliphatic heterocycles. The number of fused-ring (bicyclic) bond motifs is 1. The number of benzene rings is 1. The summed E-state index contributed by atoms with van der Waals surface area (Å²) in [5.41, 5.74) is 8.22. The van der Waals surface area contributed by atoms with Crippen LogP contribution >= 0.6 is 11.8 Å². The molecule has 0 saturated heterocycles. The van der Waals surface area contributed by atoms with E-state index in [1.165, 1.54) is 21.5 Å². The Bertz CT molecular complexity index is 460. The highest BCUT2D eigenvalue weighted by atomic mass is 32.2. The number of rotatable bonds is 3. The molecular weight excluding hydrogens is 204 g/mol. The Balaban J connectivity index is 2.45. The van der Waals surface area contributed by atoms with E-state index in [1.54, 1.807) is 11.8 Å². The van der Waals surface area contributed by atoms with Gasteiger partial charge in [-0.15, -0.1) is 11.8 Å². The lowest BCUT2D eigenvalue weighted by Gasteiger charge is -2.00. The van der Waals surface area contributed by atoms with Crippen LogP contribution in [0.15, 0.2) is 29.2 Å². The van der Waals surface area contributed by atoms with Gasteiger partial charge in [0.1, 0.15) is 0 Å². The summed E-state index contributed by atoms with van der Waals surface area (Å²) in [5, 5.41) is 1.31. The quantitative estimate of drug-likeness (QED) is 0.781. The van der Waals surface area contributed by atoms with E-state index in [9.17, 15) is 0 Å². The standard InChI is InChI=1S/C12H16N2S/c1-8(13)6-9-7-10-11(14-9)4-3-5-12(10)15-2/h3-5,7-8,14H,6,13H2,1-2H3. The molecule has 0 bridgehead atoms. The third-order valence-electron chi connectivity index (χ3n) is 2.44. The molecule has 0 amide bonds. The molecule has 80 valence electrons. The molecule has 3 N–H and O–H groups in total. The number of hydrogen-bond acceptors (Lipinski definition) is 2. The number of thioether (sulfide) groups is 1. The maximum Gasteiger partial charge on any atom is 0.0467 e. The van der Waals surface area contributed by atoms with Gasteiger partial charge in [-0.05, 0) is 31.4 Å². The van der Waals surface area contributed by atoms with E-state index in [0.717, 1.165) is 6.42 Å². The van der Waals surface area contributed by atoms with Gasteiger partial charge in [0.2, 0.25) is 0 Å². The summed E-state index contributed by atoms with van der Waals surface area (Å²) in [6.45, 7) is 2.03. The molecule has 3 heteroatoms. The summed E-state index contributed by atoms with van der Waals surface area (Å²) in [6, 6.07) is 8.76. The minimum absolute atomic E-state index is 0.204. The molecule has 2 rings (SSSR count). The first-order valence-corrected chi connectivity index (χ1v) is 6.33. The number of nitrogens with one attached hydrogen (secondary N) is 1. The average Bonchev–Trinajstić information content (AvgIpc) is 2.58. The number of aromatic amines is 1. The van der Waals surface area contributed by atoms with E-state index >= 15 is 0 Å². The van der Waals surface area contributed by atoms with E-state index in [1.807, 2.05) is 6.92 Å². The van der Waals surface area contributed by atoms with Crippen molar-refractivity contribution < 1.29 is 0 Å². The van der Waals surface area contributed by atoms with Crippen LogP contribution in [0.5, 0.6) is 0 Å². The lowest BCUT2D eigenvalue weighted by molar-refractivity contribution is 0.727. The molecule has 0 radical (unpaired) electrons. The SMILES string of the molecule is CSc1cccc2[nH]c(CC(C)N)cc12. The van der Waals surface area contributed by atoms with E-state index in [-0.39, 0.29) is 6.04 Å². The van der Waals surface area contributed by atoms with E-state index in [4.69, 9.17) is 5.73 Å². The fourth-order valence-corrected chi connectivity index (χ4v) is 2.42. The lowest BCUT2D eigenvalue weighted by atomic mass is 10.2. The maximum atomic E-state index is 5.79. The Hall–Kier alpha value is -0.930. The van der Waals surface area contributed by atoms with Gasteiger partial charge in [0.15, 0.2) is 0 Å². The highest BCUT2D eigenvalue weighted by molar-refractivity contribution is 7.98. The molecule has 1 aromatic heterocycles. The molecule has 2 nitrogen and oxygen atoms in total. The second-order valence-electron chi connectivity index (χ2n) is 3.90. The summed E-state index contributed by atoms with van der Waals surface area (Å²) in [6.07, 6.45) is 3.01. The van der Waals surface area contributed by atoms with Gasteiger partial charge in [-0.1, -0.05) is 6.07 Å². The van der Waals surface area contributed by atoms with Crippen molar-refractivity contribution in [2.45, 2.75) is 24.3 Å². The normalized spacial score (nSPS) is 13.3. The van der Waals surface area contributed by atoms with Crippen molar-refractivity contribution in [1.29, 1.82) is 0 Å². The van der Waals surface area contributed by atoms with Gasteiger partial charge in [0, 0.05) is 34.0 Å². The summed E-state index contributed by atoms with van der Waals surface area (Å²) in [7, 11) is 0. The topological polar surface area (TPSA) is 41.8 Å². The van der Waals surface area contributed by atoms with Crippen LogP contribution in [-0.2, 0) is 6.42 Å². The van der Waals surface area contributed by atoms with Gasteiger partial charge >= 0.3 is 0 Å². The van der Waals surface area contributed by atoms with Crippen LogP contribution in [0, 0.1) is 0 Å².